The maximum absolute atomic E-state index is 12.6. The molecule has 10 nitrogen and oxygen atoms in total. The lowest BCUT2D eigenvalue weighted by Gasteiger charge is -2.59. The first-order valence-corrected chi connectivity index (χ1v) is 18.4. The molecule has 4 bridgehead atoms. The summed E-state index contributed by atoms with van der Waals surface area (Å²) in [4.78, 5) is 56.9. The van der Waals surface area contributed by atoms with E-state index in [-0.39, 0.29) is 36.0 Å². The third kappa shape index (κ3) is 6.10. The number of carbonyl (C=O) groups excluding carboxylic acids is 2. The molecule has 4 fully saturated rings. The summed E-state index contributed by atoms with van der Waals surface area (Å²) in [6.45, 7) is 11.6. The monoisotopic (exact) mass is 694 g/mol. The van der Waals surface area contributed by atoms with E-state index in [0.717, 1.165) is 86.8 Å². The van der Waals surface area contributed by atoms with Crippen molar-refractivity contribution in [3.63, 3.8) is 0 Å². The molecular formula is C41H50N4O6. The van der Waals surface area contributed by atoms with Crippen LogP contribution < -0.4 is 10.6 Å². The van der Waals surface area contributed by atoms with E-state index in [1.807, 2.05) is 53.7 Å². The van der Waals surface area contributed by atoms with Crippen LogP contribution in [0.2, 0.25) is 0 Å². The van der Waals surface area contributed by atoms with Gasteiger partial charge >= 0.3 is 11.9 Å². The Morgan fingerprint density at radius 2 is 1.04 bits per heavy atom. The molecule has 8 rings (SSSR count). The van der Waals surface area contributed by atoms with E-state index < -0.39 is 11.9 Å². The second kappa shape index (κ2) is 12.9. The van der Waals surface area contributed by atoms with Gasteiger partial charge in [0, 0.05) is 64.1 Å². The van der Waals surface area contributed by atoms with Crippen molar-refractivity contribution in [3.05, 3.63) is 78.7 Å². The van der Waals surface area contributed by atoms with Crippen LogP contribution in [0.5, 0.6) is 0 Å². The summed E-state index contributed by atoms with van der Waals surface area (Å²) in [6.07, 6.45) is 11.5. The third-order valence-corrected chi connectivity index (χ3v) is 13.0. The fourth-order valence-electron chi connectivity index (χ4n) is 10.5. The van der Waals surface area contributed by atoms with Gasteiger partial charge in [-0.1, -0.05) is 0 Å². The smallest absolute Gasteiger partial charge is 0.303 e. The normalized spacial score (nSPS) is 27.7. The molecule has 6 N–H and O–H groups in total. The van der Waals surface area contributed by atoms with Crippen molar-refractivity contribution >= 4 is 35.9 Å². The Morgan fingerprint density at radius 3 is 1.35 bits per heavy atom. The first kappa shape index (κ1) is 34.8. The van der Waals surface area contributed by atoms with Gasteiger partial charge in [-0.15, -0.1) is 0 Å². The molecule has 10 heteroatoms. The Labute approximate surface area is 298 Å². The van der Waals surface area contributed by atoms with Crippen LogP contribution in [0.15, 0.2) is 33.7 Å². The summed E-state index contributed by atoms with van der Waals surface area (Å²) in [5.41, 5.74) is 12.0. The van der Waals surface area contributed by atoms with Crippen molar-refractivity contribution < 1.29 is 29.4 Å². The van der Waals surface area contributed by atoms with Crippen LogP contribution in [0.1, 0.15) is 130 Å². The van der Waals surface area contributed by atoms with Gasteiger partial charge in [0.1, 0.15) is 0 Å². The van der Waals surface area contributed by atoms with Crippen LogP contribution in [0.25, 0.3) is 12.2 Å². The summed E-state index contributed by atoms with van der Waals surface area (Å²) in [5.74, 6) is -0.238. The summed E-state index contributed by atoms with van der Waals surface area (Å²) >= 11 is 0. The van der Waals surface area contributed by atoms with Crippen LogP contribution in [0.4, 0.5) is 0 Å². The van der Waals surface area contributed by atoms with Gasteiger partial charge in [0.15, 0.2) is 0 Å². The fraction of sp³-hybridized carbons (Fsp3) is 0.512. The number of aliphatic carboxylic acids is 2. The Hall–Kier alpha value is -4.60. The number of hydrogen-bond donors (Lipinski definition) is 6. The summed E-state index contributed by atoms with van der Waals surface area (Å²) in [5, 5.41) is 25.8. The number of carboxylic acids is 2. The van der Waals surface area contributed by atoms with Crippen molar-refractivity contribution in [1.29, 1.82) is 0 Å². The van der Waals surface area contributed by atoms with Gasteiger partial charge in [-0.05, 0) is 162 Å². The van der Waals surface area contributed by atoms with Crippen molar-refractivity contribution in [1.82, 2.24) is 20.6 Å². The predicted molar refractivity (Wildman–Crippen MR) is 194 cm³/mol. The molecule has 270 valence electrons. The molecule has 2 aromatic heterocycles. The average molecular weight is 695 g/mol. The molecule has 0 atom stereocenters. The van der Waals surface area contributed by atoms with Gasteiger partial charge in [0.05, 0.1) is 0 Å². The summed E-state index contributed by atoms with van der Waals surface area (Å²) < 4.78 is 0. The van der Waals surface area contributed by atoms with E-state index >= 15 is 0 Å². The Morgan fingerprint density at radius 1 is 0.667 bits per heavy atom. The number of amides is 2. The molecule has 6 aliphatic rings. The SMILES string of the molecule is CC1=C(C)/C(=C/c2[nH]c(C(c3[nH]c(/C=C4\NC(=O)C(C)=C4C)c(C)c3CCC(=O)O)C34CC5CC(CC(C5)C3)C4)c(CCC(=O)O)c2C)NC1=O. The molecule has 2 aromatic rings. The minimum Gasteiger partial charge on any atom is -0.481 e. The maximum atomic E-state index is 12.6. The number of aromatic nitrogens is 2. The average Bonchev–Trinajstić information content (AvgIpc) is 3.69. The number of H-pyrrole nitrogens is 2. The number of carboxylic acid groups (broad SMARTS) is 2. The lowest BCUT2D eigenvalue weighted by Crippen LogP contribution is -2.49. The molecule has 4 heterocycles. The molecule has 51 heavy (non-hydrogen) atoms. The number of nitrogens with one attached hydrogen (secondary N) is 4. The van der Waals surface area contributed by atoms with E-state index in [4.69, 9.17) is 0 Å². The molecule has 4 aliphatic carbocycles. The van der Waals surface area contributed by atoms with Crippen molar-refractivity contribution in [3.8, 4) is 0 Å². The number of carbonyl (C=O) groups is 4. The molecular weight excluding hydrogens is 644 g/mol. The molecule has 2 amide bonds. The van der Waals surface area contributed by atoms with Gasteiger partial charge < -0.3 is 30.8 Å². The molecule has 0 unspecified atom stereocenters. The molecule has 4 saturated carbocycles. The van der Waals surface area contributed by atoms with Gasteiger partial charge in [0.25, 0.3) is 11.8 Å². The lowest BCUT2D eigenvalue weighted by molar-refractivity contribution is -0.138. The zero-order chi connectivity index (χ0) is 36.5. The van der Waals surface area contributed by atoms with Gasteiger partial charge in [0.2, 0.25) is 0 Å². The summed E-state index contributed by atoms with van der Waals surface area (Å²) in [7, 11) is 0. The van der Waals surface area contributed by atoms with Crippen molar-refractivity contribution in [2.75, 3.05) is 0 Å². The van der Waals surface area contributed by atoms with Crippen LogP contribution in [0.3, 0.4) is 0 Å². The molecule has 2 aliphatic heterocycles. The highest BCUT2D eigenvalue weighted by molar-refractivity contribution is 6.01. The minimum absolute atomic E-state index is 0.0261. The van der Waals surface area contributed by atoms with Gasteiger partial charge in [-0.2, -0.15) is 0 Å². The highest BCUT2D eigenvalue weighted by Crippen LogP contribution is 2.66. The van der Waals surface area contributed by atoms with Gasteiger partial charge in [-0.3, -0.25) is 19.2 Å². The number of hydrogen-bond acceptors (Lipinski definition) is 4. The Kier molecular flexibility index (Phi) is 8.79. The van der Waals surface area contributed by atoms with E-state index in [0.29, 0.717) is 41.7 Å². The van der Waals surface area contributed by atoms with E-state index in [2.05, 4.69) is 20.6 Å². The van der Waals surface area contributed by atoms with Crippen LogP contribution in [0, 0.1) is 37.0 Å². The number of rotatable bonds is 11. The van der Waals surface area contributed by atoms with Crippen molar-refractivity contribution in [2.24, 2.45) is 23.2 Å². The second-order valence-electron chi connectivity index (χ2n) is 16.1. The zero-order valence-corrected chi connectivity index (χ0v) is 30.6. The Balaban J connectivity index is 1.46. The third-order valence-electron chi connectivity index (χ3n) is 13.0. The highest BCUT2D eigenvalue weighted by Gasteiger charge is 2.56. The van der Waals surface area contributed by atoms with Crippen LogP contribution in [-0.4, -0.2) is 43.9 Å². The fourth-order valence-corrected chi connectivity index (χ4v) is 10.5. The lowest BCUT2D eigenvalue weighted by atomic mass is 9.45. The topological polar surface area (TPSA) is 164 Å². The van der Waals surface area contributed by atoms with Crippen LogP contribution >= 0.6 is 0 Å². The summed E-state index contributed by atoms with van der Waals surface area (Å²) in [6, 6.07) is 0. The highest BCUT2D eigenvalue weighted by atomic mass is 16.4. The first-order chi connectivity index (χ1) is 24.2. The number of aromatic amines is 2. The number of allylic oxidation sites excluding steroid dienone is 2. The van der Waals surface area contributed by atoms with E-state index in [1.54, 1.807) is 0 Å². The van der Waals surface area contributed by atoms with Crippen LogP contribution in [-0.2, 0) is 32.0 Å². The first-order valence-electron chi connectivity index (χ1n) is 18.4. The standard InChI is InChI=1S/C41H50N4O6/c1-19-21(3)39(50)44-30(19)14-32-23(5)28(7-9-34(46)47)37(42-32)36(41-16-25-11-26(17-41)13-27(12-25)18-41)38-29(8-10-35(48)49)24(6)33(43-38)15-31-20(2)22(4)40(51)45-31/h14-15,25-27,36,42-43H,7-13,16-18H2,1-6H3,(H,44,50)(H,45,51)(H,46,47)(H,48,49)/b30-14-,31-15-. The van der Waals surface area contributed by atoms with Gasteiger partial charge in [-0.25, -0.2) is 0 Å². The van der Waals surface area contributed by atoms with Crippen molar-refractivity contribution in [2.45, 2.75) is 112 Å². The molecule has 0 radical (unpaired) electrons. The zero-order valence-electron chi connectivity index (χ0n) is 30.6. The molecule has 0 aromatic carbocycles. The Bertz CT molecular complexity index is 1840. The molecule has 0 spiro atoms. The van der Waals surface area contributed by atoms with E-state index in [1.165, 1.54) is 19.3 Å². The van der Waals surface area contributed by atoms with E-state index in [9.17, 15) is 29.4 Å². The molecule has 0 saturated heterocycles. The predicted octanol–water partition coefficient (Wildman–Crippen LogP) is 6.96. The second-order valence-corrected chi connectivity index (χ2v) is 16.1. The maximum Gasteiger partial charge on any atom is 0.303 e. The minimum atomic E-state index is -0.866. The quantitative estimate of drug-likeness (QED) is 0.149. The largest absolute Gasteiger partial charge is 0.481 e.